The van der Waals surface area contributed by atoms with Crippen LogP contribution in [0.25, 0.3) is 11.1 Å². The Bertz CT molecular complexity index is 1580. The number of hydrogen-bond acceptors (Lipinski definition) is 6. The number of imidazole rings is 1. The van der Waals surface area contributed by atoms with E-state index in [1.165, 1.54) is 10.9 Å². The lowest BCUT2D eigenvalue weighted by atomic mass is 9.78. The molecule has 13 heteroatoms. The molecule has 1 atom stereocenters. The monoisotopic (exact) mass is 630 g/mol. The molecule has 0 radical (unpaired) electrons. The summed E-state index contributed by atoms with van der Waals surface area (Å²) in [6, 6.07) is 3.33. The molecule has 2 N–H and O–H groups in total. The number of nitrogens with one attached hydrogen (secondary N) is 2. The van der Waals surface area contributed by atoms with Gasteiger partial charge in [0.1, 0.15) is 5.75 Å². The van der Waals surface area contributed by atoms with E-state index in [2.05, 4.69) is 10.4 Å². The quantitative estimate of drug-likeness (QED) is 0.270. The predicted octanol–water partition coefficient (Wildman–Crippen LogP) is 5.92. The highest BCUT2D eigenvalue weighted by Crippen LogP contribution is 2.44. The third-order valence-corrected chi connectivity index (χ3v) is 8.81. The second-order valence-electron chi connectivity index (χ2n) is 12.1. The molecule has 3 heterocycles. The van der Waals surface area contributed by atoms with Crippen molar-refractivity contribution in [2.75, 3.05) is 13.2 Å². The molecule has 1 fully saturated rings. The molecular weight excluding hydrogens is 589 g/mol. The Labute approximate surface area is 260 Å². The van der Waals surface area contributed by atoms with Gasteiger partial charge in [-0.15, -0.1) is 0 Å². The number of nitrogens with zero attached hydrogens (tertiary/aromatic N) is 4. The normalized spacial score (nSPS) is 20.0. The summed E-state index contributed by atoms with van der Waals surface area (Å²) in [5, 5.41) is 15.1. The first-order chi connectivity index (χ1) is 21.5. The average molecular weight is 631 g/mol. The first-order valence-corrected chi connectivity index (χ1v) is 15.7. The number of alkyl carbamates (subject to hydrolysis) is 1. The van der Waals surface area contributed by atoms with Crippen molar-refractivity contribution in [3.05, 3.63) is 53.2 Å². The number of carbonyl (C=O) groups excluding carboxylic acids is 2. The number of halogens is 3. The number of ketones is 1. The molecule has 0 bridgehead atoms. The second kappa shape index (κ2) is 13.5. The molecular formula is C32H41F3N6O4. The fourth-order valence-corrected chi connectivity index (χ4v) is 6.27. The van der Waals surface area contributed by atoms with Crippen LogP contribution in [0.3, 0.4) is 0 Å². The maximum absolute atomic E-state index is 14.1. The number of unbranched alkanes of at least 4 members (excludes halogenated alkanes) is 1. The number of alkyl halides is 3. The molecule has 5 rings (SSSR count). The molecule has 10 nitrogen and oxygen atoms in total. The second-order valence-corrected chi connectivity index (χ2v) is 12.1. The van der Waals surface area contributed by atoms with Crippen molar-refractivity contribution in [2.45, 2.75) is 84.1 Å². The van der Waals surface area contributed by atoms with E-state index in [1.54, 1.807) is 47.6 Å². The van der Waals surface area contributed by atoms with Crippen LogP contribution in [0.5, 0.6) is 5.75 Å². The Kier molecular flexibility index (Phi) is 9.73. The van der Waals surface area contributed by atoms with Gasteiger partial charge >= 0.3 is 12.3 Å². The lowest BCUT2D eigenvalue weighted by Crippen LogP contribution is -2.39. The Balaban J connectivity index is 1.38. The Morgan fingerprint density at radius 1 is 1.13 bits per heavy atom. The van der Waals surface area contributed by atoms with E-state index < -0.39 is 23.9 Å². The summed E-state index contributed by atoms with van der Waals surface area (Å²) in [5.41, 5.74) is 0.0442. The minimum absolute atomic E-state index is 0.0313. The fraction of sp³-hybridized carbons (Fsp3) is 0.562. The van der Waals surface area contributed by atoms with E-state index >= 15 is 0 Å². The zero-order valence-electron chi connectivity index (χ0n) is 26.0. The summed E-state index contributed by atoms with van der Waals surface area (Å²) in [4.78, 5) is 26.0. The Morgan fingerprint density at radius 3 is 2.51 bits per heavy atom. The predicted molar refractivity (Wildman–Crippen MR) is 160 cm³/mol. The summed E-state index contributed by atoms with van der Waals surface area (Å²) in [7, 11) is 1.73. The molecule has 45 heavy (non-hydrogen) atoms. The largest absolute Gasteiger partial charge is 0.491 e. The van der Waals surface area contributed by atoms with Gasteiger partial charge in [0.15, 0.2) is 11.5 Å². The molecule has 0 saturated heterocycles. The molecule has 2 aromatic heterocycles. The van der Waals surface area contributed by atoms with Gasteiger partial charge in [-0.3, -0.25) is 14.9 Å². The highest BCUT2D eigenvalue weighted by atomic mass is 19.4. The zero-order chi connectivity index (χ0) is 32.3. The van der Waals surface area contributed by atoms with Crippen LogP contribution in [0.1, 0.15) is 80.4 Å². The number of carbonyl (C=O) groups is 2. The van der Waals surface area contributed by atoms with E-state index in [9.17, 15) is 22.8 Å². The van der Waals surface area contributed by atoms with Crippen molar-refractivity contribution < 1.29 is 32.2 Å². The fourth-order valence-electron chi connectivity index (χ4n) is 6.27. The van der Waals surface area contributed by atoms with Crippen LogP contribution in [0.15, 0.2) is 30.7 Å². The molecule has 1 aromatic carbocycles. The van der Waals surface area contributed by atoms with Gasteiger partial charge in [-0.05, 0) is 69.1 Å². The number of Topliss-reactive ketones (excluding diaryl/α,β-unsaturated/α-hetero) is 1. The number of rotatable bonds is 10. The highest BCUT2D eigenvalue weighted by Gasteiger charge is 2.40. The van der Waals surface area contributed by atoms with Gasteiger partial charge in [-0.2, -0.15) is 18.3 Å². The van der Waals surface area contributed by atoms with Crippen molar-refractivity contribution >= 4 is 11.9 Å². The minimum atomic E-state index is -4.71. The summed E-state index contributed by atoms with van der Waals surface area (Å²) in [5.74, 6) is -0.198. The smallest absolute Gasteiger partial charge is 0.435 e. The van der Waals surface area contributed by atoms with E-state index in [4.69, 9.17) is 14.9 Å². The lowest BCUT2D eigenvalue weighted by Gasteiger charge is -2.33. The van der Waals surface area contributed by atoms with Crippen LogP contribution in [0.4, 0.5) is 18.0 Å². The van der Waals surface area contributed by atoms with Crippen molar-refractivity contribution in [1.82, 2.24) is 24.2 Å². The first kappa shape index (κ1) is 32.4. The molecule has 1 aliphatic carbocycles. The van der Waals surface area contributed by atoms with Crippen LogP contribution in [0, 0.1) is 17.2 Å². The topological polar surface area (TPSA) is 116 Å². The van der Waals surface area contributed by atoms with Crippen molar-refractivity contribution in [2.24, 2.45) is 18.9 Å². The van der Waals surface area contributed by atoms with Gasteiger partial charge < -0.3 is 23.9 Å². The zero-order valence-corrected chi connectivity index (χ0v) is 26.0. The van der Waals surface area contributed by atoms with E-state index in [1.807, 2.05) is 6.92 Å². The molecule has 3 aromatic rings. The molecule has 0 spiro atoms. The average Bonchev–Trinajstić information content (AvgIpc) is 3.59. The molecule has 2 aliphatic rings. The van der Waals surface area contributed by atoms with Gasteiger partial charge in [0.25, 0.3) is 0 Å². The van der Waals surface area contributed by atoms with Crippen molar-refractivity contribution in [3.8, 4) is 16.9 Å². The first-order valence-electron chi connectivity index (χ1n) is 15.7. The SMILES string of the molecule is CCCCOC(=O)NC1CCC(C[C@H]2COc3c(cc(Cn4ccn(C)c4=N)cc3-c3cn(CC)nc3C(F)(F)F)C2=O)CC1. The Hall–Kier alpha value is -4.03. The maximum atomic E-state index is 14.1. The van der Waals surface area contributed by atoms with Gasteiger partial charge in [0.05, 0.1) is 31.2 Å². The summed E-state index contributed by atoms with van der Waals surface area (Å²) in [6.45, 7) is 4.65. The van der Waals surface area contributed by atoms with Gasteiger partial charge in [-0.1, -0.05) is 13.3 Å². The number of benzene rings is 1. The number of fused-ring (bicyclic) bond motifs is 1. The number of aryl methyl sites for hydroxylation is 2. The Morgan fingerprint density at radius 2 is 1.87 bits per heavy atom. The molecule has 244 valence electrons. The summed E-state index contributed by atoms with van der Waals surface area (Å²) in [6.07, 6.45) is 5.30. The van der Waals surface area contributed by atoms with E-state index in [-0.39, 0.29) is 65.5 Å². The standard InChI is InChI=1S/C32H41F3N6O4/c1-4-6-13-44-31(43)37-23-9-7-20(8-10-23)14-22-19-45-28-24(26-18-41(5-2)38-29(26)32(33,34)35)15-21(16-25(28)27(22)42)17-40-12-11-39(3)30(40)36/h11-12,15-16,18,20,22-23,36H,4-10,13-14,17,19H2,1-3H3,(H,37,43)/t20?,22-,23?/m0/s1. The van der Waals surface area contributed by atoms with Crippen LogP contribution in [-0.2, 0) is 31.1 Å². The lowest BCUT2D eigenvalue weighted by molar-refractivity contribution is -0.141. The third kappa shape index (κ3) is 7.28. The van der Waals surface area contributed by atoms with E-state index in [0.29, 0.717) is 18.6 Å². The van der Waals surface area contributed by atoms with Crippen molar-refractivity contribution in [3.63, 3.8) is 0 Å². The van der Waals surface area contributed by atoms with Gasteiger partial charge in [0, 0.05) is 49.4 Å². The number of amides is 1. The van der Waals surface area contributed by atoms with Crippen LogP contribution < -0.4 is 15.7 Å². The van der Waals surface area contributed by atoms with Gasteiger partial charge in [0.2, 0.25) is 5.62 Å². The van der Waals surface area contributed by atoms with Crippen LogP contribution >= 0.6 is 0 Å². The number of aromatic nitrogens is 4. The highest BCUT2D eigenvalue weighted by molar-refractivity contribution is 6.03. The van der Waals surface area contributed by atoms with E-state index in [0.717, 1.165) is 38.5 Å². The van der Waals surface area contributed by atoms with Gasteiger partial charge in [-0.25, -0.2) is 4.79 Å². The molecule has 0 unspecified atom stereocenters. The van der Waals surface area contributed by atoms with Crippen LogP contribution in [0.2, 0.25) is 0 Å². The molecule has 1 saturated carbocycles. The number of hydrogen-bond donors (Lipinski definition) is 2. The third-order valence-electron chi connectivity index (χ3n) is 8.81. The molecule has 1 aliphatic heterocycles. The summed E-state index contributed by atoms with van der Waals surface area (Å²) >= 11 is 0. The van der Waals surface area contributed by atoms with Crippen molar-refractivity contribution in [1.29, 1.82) is 5.41 Å². The molecule has 1 amide bonds. The number of ether oxygens (including phenoxy) is 2. The van der Waals surface area contributed by atoms with Crippen LogP contribution in [-0.4, -0.2) is 50.0 Å². The minimum Gasteiger partial charge on any atom is -0.491 e. The maximum Gasteiger partial charge on any atom is 0.435 e. The summed E-state index contributed by atoms with van der Waals surface area (Å²) < 4.78 is 58.3.